The first kappa shape index (κ1) is 18.8. The van der Waals surface area contributed by atoms with Gasteiger partial charge in [0.25, 0.3) is 0 Å². The smallest absolute Gasteiger partial charge is 0.305 e. The standard InChI is InChI=1S/C24H22N2O3/c1-28-17-21-20-14-8-9-15-22(20)29-23(21)24(27)25-26(19-12-6-3-7-13-19)16-18-10-4-2-5-11-18/h2-15H,16-17H2,1H3,(H,25,27). The second-order valence-electron chi connectivity index (χ2n) is 6.69. The van der Waals surface area contributed by atoms with Crippen LogP contribution in [-0.2, 0) is 17.9 Å². The number of nitrogens with zero attached hydrogens (tertiary/aromatic N) is 1. The second-order valence-corrected chi connectivity index (χ2v) is 6.69. The number of carbonyl (C=O) groups is 1. The van der Waals surface area contributed by atoms with Gasteiger partial charge in [-0.25, -0.2) is 0 Å². The van der Waals surface area contributed by atoms with E-state index in [9.17, 15) is 4.79 Å². The van der Waals surface area contributed by atoms with E-state index in [1.807, 2.05) is 89.9 Å². The van der Waals surface area contributed by atoms with Crippen molar-refractivity contribution in [3.63, 3.8) is 0 Å². The molecule has 0 aliphatic rings. The van der Waals surface area contributed by atoms with Crippen molar-refractivity contribution in [3.05, 3.63) is 102 Å². The first-order valence-corrected chi connectivity index (χ1v) is 9.43. The number of furan rings is 1. The lowest BCUT2D eigenvalue weighted by Gasteiger charge is -2.25. The summed E-state index contributed by atoms with van der Waals surface area (Å²) in [7, 11) is 1.61. The number of para-hydroxylation sites is 2. The molecule has 146 valence electrons. The van der Waals surface area contributed by atoms with E-state index in [4.69, 9.17) is 9.15 Å². The minimum Gasteiger partial charge on any atom is -0.450 e. The summed E-state index contributed by atoms with van der Waals surface area (Å²) in [6, 6.07) is 27.3. The van der Waals surface area contributed by atoms with Gasteiger partial charge in [-0.05, 0) is 23.8 Å². The van der Waals surface area contributed by atoms with Crippen molar-refractivity contribution in [2.75, 3.05) is 12.1 Å². The van der Waals surface area contributed by atoms with E-state index in [1.165, 1.54) is 0 Å². The Bertz CT molecular complexity index is 1090. The molecule has 0 saturated heterocycles. The van der Waals surface area contributed by atoms with Crippen LogP contribution in [0.4, 0.5) is 5.69 Å². The summed E-state index contributed by atoms with van der Waals surface area (Å²) in [5, 5.41) is 2.70. The summed E-state index contributed by atoms with van der Waals surface area (Å²) < 4.78 is 11.2. The van der Waals surface area contributed by atoms with Crippen molar-refractivity contribution in [1.29, 1.82) is 0 Å². The van der Waals surface area contributed by atoms with Gasteiger partial charge in [0.05, 0.1) is 18.8 Å². The molecule has 0 spiro atoms. The van der Waals surface area contributed by atoms with Crippen molar-refractivity contribution in [1.82, 2.24) is 5.43 Å². The van der Waals surface area contributed by atoms with Gasteiger partial charge in [-0.3, -0.25) is 15.2 Å². The molecule has 0 atom stereocenters. The van der Waals surface area contributed by atoms with E-state index in [0.29, 0.717) is 18.7 Å². The molecule has 5 heteroatoms. The van der Waals surface area contributed by atoms with Crippen LogP contribution in [0.3, 0.4) is 0 Å². The van der Waals surface area contributed by atoms with Gasteiger partial charge in [-0.1, -0.05) is 66.7 Å². The molecule has 1 amide bonds. The fourth-order valence-electron chi connectivity index (χ4n) is 3.31. The predicted octanol–water partition coefficient (Wildman–Crippen LogP) is 4.93. The molecule has 0 bridgehead atoms. The number of ether oxygens (including phenoxy) is 1. The fourth-order valence-corrected chi connectivity index (χ4v) is 3.31. The van der Waals surface area contributed by atoms with Crippen LogP contribution in [0.1, 0.15) is 21.7 Å². The van der Waals surface area contributed by atoms with Crippen LogP contribution in [0.2, 0.25) is 0 Å². The zero-order valence-corrected chi connectivity index (χ0v) is 16.2. The lowest BCUT2D eigenvalue weighted by molar-refractivity contribution is 0.0916. The van der Waals surface area contributed by atoms with Crippen LogP contribution in [0.25, 0.3) is 11.0 Å². The molecule has 4 rings (SSSR count). The van der Waals surface area contributed by atoms with Gasteiger partial charge in [-0.2, -0.15) is 0 Å². The Hall–Kier alpha value is -3.57. The number of nitrogens with one attached hydrogen (secondary N) is 1. The van der Waals surface area contributed by atoms with E-state index >= 15 is 0 Å². The van der Waals surface area contributed by atoms with Gasteiger partial charge in [-0.15, -0.1) is 0 Å². The van der Waals surface area contributed by atoms with Crippen molar-refractivity contribution >= 4 is 22.6 Å². The van der Waals surface area contributed by atoms with Crippen molar-refractivity contribution in [2.45, 2.75) is 13.2 Å². The summed E-state index contributed by atoms with van der Waals surface area (Å²) in [4.78, 5) is 13.2. The number of hydrogen-bond donors (Lipinski definition) is 1. The topological polar surface area (TPSA) is 54.7 Å². The third-order valence-corrected chi connectivity index (χ3v) is 4.68. The van der Waals surface area contributed by atoms with E-state index in [2.05, 4.69) is 5.43 Å². The normalized spacial score (nSPS) is 10.8. The van der Waals surface area contributed by atoms with Crippen LogP contribution < -0.4 is 10.4 Å². The number of anilines is 1. The summed E-state index contributed by atoms with van der Waals surface area (Å²) in [5.41, 5.74) is 6.38. The highest BCUT2D eigenvalue weighted by molar-refractivity contribution is 5.99. The molecule has 0 saturated carbocycles. The van der Waals surface area contributed by atoms with Crippen molar-refractivity contribution in [3.8, 4) is 0 Å². The zero-order chi connectivity index (χ0) is 20.1. The van der Waals surface area contributed by atoms with E-state index < -0.39 is 0 Å². The maximum absolute atomic E-state index is 13.2. The lowest BCUT2D eigenvalue weighted by Crippen LogP contribution is -2.42. The molecular weight excluding hydrogens is 364 g/mol. The molecule has 1 aromatic heterocycles. The summed E-state index contributed by atoms with van der Waals surface area (Å²) in [6.07, 6.45) is 0. The Labute approximate surface area is 169 Å². The largest absolute Gasteiger partial charge is 0.450 e. The summed E-state index contributed by atoms with van der Waals surface area (Å²) in [6.45, 7) is 0.820. The molecule has 1 heterocycles. The van der Waals surface area contributed by atoms with Crippen LogP contribution >= 0.6 is 0 Å². The molecule has 1 N–H and O–H groups in total. The Morgan fingerprint density at radius 3 is 2.31 bits per heavy atom. The molecule has 0 aliphatic carbocycles. The van der Waals surface area contributed by atoms with Gasteiger partial charge in [0, 0.05) is 18.1 Å². The SMILES string of the molecule is COCc1c(C(=O)NN(Cc2ccccc2)c2ccccc2)oc2ccccc12. The van der Waals surface area contributed by atoms with Crippen LogP contribution in [0.5, 0.6) is 0 Å². The number of amides is 1. The number of rotatable bonds is 7. The molecule has 3 aromatic carbocycles. The highest BCUT2D eigenvalue weighted by atomic mass is 16.5. The molecule has 0 aliphatic heterocycles. The number of carbonyl (C=O) groups excluding carboxylic acids is 1. The van der Waals surface area contributed by atoms with Crippen molar-refractivity contribution in [2.24, 2.45) is 0 Å². The third kappa shape index (κ3) is 4.15. The molecule has 0 unspecified atom stereocenters. The average molecular weight is 386 g/mol. The Morgan fingerprint density at radius 1 is 0.931 bits per heavy atom. The first-order chi connectivity index (χ1) is 14.3. The Balaban J connectivity index is 1.66. The van der Waals surface area contributed by atoms with E-state index in [1.54, 1.807) is 7.11 Å². The van der Waals surface area contributed by atoms with Crippen LogP contribution in [0.15, 0.2) is 89.3 Å². The number of fused-ring (bicyclic) bond motifs is 1. The van der Waals surface area contributed by atoms with Gasteiger partial charge in [0.1, 0.15) is 5.58 Å². The third-order valence-electron chi connectivity index (χ3n) is 4.68. The minimum atomic E-state index is -0.312. The quantitative estimate of drug-likeness (QED) is 0.458. The van der Waals surface area contributed by atoms with Crippen LogP contribution in [0, 0.1) is 0 Å². The molecule has 0 fully saturated rings. The number of hydrazine groups is 1. The molecule has 4 aromatic rings. The lowest BCUT2D eigenvalue weighted by atomic mass is 10.1. The van der Waals surface area contributed by atoms with Gasteiger partial charge >= 0.3 is 5.91 Å². The number of methoxy groups -OCH3 is 1. The highest BCUT2D eigenvalue weighted by Crippen LogP contribution is 2.27. The van der Waals surface area contributed by atoms with E-state index in [0.717, 1.165) is 22.2 Å². The monoisotopic (exact) mass is 386 g/mol. The summed E-state index contributed by atoms with van der Waals surface area (Å²) in [5.74, 6) is -0.0462. The first-order valence-electron chi connectivity index (χ1n) is 9.43. The van der Waals surface area contributed by atoms with Crippen LogP contribution in [-0.4, -0.2) is 13.0 Å². The van der Waals surface area contributed by atoms with Crippen molar-refractivity contribution < 1.29 is 13.9 Å². The predicted molar refractivity (Wildman–Crippen MR) is 113 cm³/mol. The number of benzene rings is 3. The second kappa shape index (κ2) is 8.63. The van der Waals surface area contributed by atoms with E-state index in [-0.39, 0.29) is 11.7 Å². The average Bonchev–Trinajstić information content (AvgIpc) is 3.14. The Kier molecular flexibility index (Phi) is 5.59. The van der Waals surface area contributed by atoms with Gasteiger partial charge in [0.15, 0.2) is 5.76 Å². The fraction of sp³-hybridized carbons (Fsp3) is 0.125. The zero-order valence-electron chi connectivity index (χ0n) is 16.2. The van der Waals surface area contributed by atoms with Gasteiger partial charge in [0.2, 0.25) is 0 Å². The molecular formula is C24H22N2O3. The minimum absolute atomic E-state index is 0.266. The maximum Gasteiger partial charge on any atom is 0.305 e. The highest BCUT2D eigenvalue weighted by Gasteiger charge is 2.22. The molecule has 5 nitrogen and oxygen atoms in total. The number of hydrogen-bond acceptors (Lipinski definition) is 4. The molecule has 0 radical (unpaired) electrons. The maximum atomic E-state index is 13.2. The summed E-state index contributed by atoms with van der Waals surface area (Å²) >= 11 is 0. The molecule has 29 heavy (non-hydrogen) atoms. The Morgan fingerprint density at radius 2 is 1.59 bits per heavy atom. The van der Waals surface area contributed by atoms with Gasteiger partial charge < -0.3 is 9.15 Å².